The minimum atomic E-state index is -0.666. The van der Waals surface area contributed by atoms with Crippen LogP contribution in [0.2, 0.25) is 10.0 Å². The van der Waals surface area contributed by atoms with E-state index in [0.29, 0.717) is 23.0 Å². The Kier molecular flexibility index (Phi) is 10.2. The van der Waals surface area contributed by atoms with Crippen LogP contribution >= 0.6 is 23.2 Å². The zero-order valence-corrected chi connectivity index (χ0v) is 21.8. The van der Waals surface area contributed by atoms with E-state index in [1.54, 1.807) is 17.0 Å². The zero-order valence-electron chi connectivity index (χ0n) is 20.3. The Morgan fingerprint density at radius 2 is 1.63 bits per heavy atom. The van der Waals surface area contributed by atoms with Gasteiger partial charge in [0.05, 0.1) is 16.5 Å². The summed E-state index contributed by atoms with van der Waals surface area (Å²) in [5.74, 6) is -0.270. The molecule has 0 aromatic heterocycles. The van der Waals surface area contributed by atoms with Crippen molar-refractivity contribution in [3.05, 3.63) is 105 Å². The number of rotatable bonds is 11. The van der Waals surface area contributed by atoms with Crippen LogP contribution in [-0.2, 0) is 29.0 Å². The quantitative estimate of drug-likeness (QED) is 0.303. The molecule has 184 valence electrons. The fourth-order valence-electron chi connectivity index (χ4n) is 3.99. The number of carbonyl (C=O) groups excluding carboxylic acids is 2. The Labute approximate surface area is 218 Å². The smallest absolute Gasteiger partial charge is 0.243 e. The van der Waals surface area contributed by atoms with Crippen LogP contribution in [-0.4, -0.2) is 29.3 Å². The first kappa shape index (κ1) is 26.8. The molecule has 0 fully saturated rings. The number of nitrogens with zero attached hydrogens (tertiary/aromatic N) is 1. The highest BCUT2D eigenvalue weighted by atomic mass is 35.5. The van der Waals surface area contributed by atoms with E-state index < -0.39 is 6.04 Å². The molecule has 0 spiro atoms. The molecule has 0 bridgehead atoms. The van der Waals surface area contributed by atoms with E-state index in [4.69, 9.17) is 23.2 Å². The maximum Gasteiger partial charge on any atom is 0.243 e. The van der Waals surface area contributed by atoms with E-state index in [-0.39, 0.29) is 24.8 Å². The lowest BCUT2D eigenvalue weighted by atomic mass is 10.0. The standard InChI is InChI=1S/C29H32Cl2N2O2/c1-3-4-15-32-29(35)27(18-22-10-6-5-7-11-22)33(20-24-13-14-25(30)26(31)17-24)28(34)19-23-12-8-9-21(2)16-23/h5-14,16-17,27H,3-4,15,18-20H2,1-2H3,(H,32,35). The molecule has 0 radical (unpaired) electrons. The van der Waals surface area contributed by atoms with Gasteiger partial charge in [-0.25, -0.2) is 0 Å². The molecule has 2 amide bonds. The van der Waals surface area contributed by atoms with Crippen molar-refractivity contribution in [2.45, 2.75) is 52.1 Å². The van der Waals surface area contributed by atoms with Crippen molar-refractivity contribution in [2.24, 2.45) is 0 Å². The zero-order chi connectivity index (χ0) is 25.2. The summed E-state index contributed by atoms with van der Waals surface area (Å²) < 4.78 is 0. The number of unbranched alkanes of at least 4 members (excludes halogenated alkanes) is 1. The molecule has 0 aliphatic rings. The Morgan fingerprint density at radius 1 is 0.886 bits per heavy atom. The van der Waals surface area contributed by atoms with Gasteiger partial charge < -0.3 is 10.2 Å². The number of hydrogen-bond donors (Lipinski definition) is 1. The Morgan fingerprint density at radius 3 is 2.31 bits per heavy atom. The van der Waals surface area contributed by atoms with Crippen molar-refractivity contribution >= 4 is 35.0 Å². The fourth-order valence-corrected chi connectivity index (χ4v) is 4.31. The number of benzene rings is 3. The highest BCUT2D eigenvalue weighted by molar-refractivity contribution is 6.42. The van der Waals surface area contributed by atoms with E-state index >= 15 is 0 Å². The number of hydrogen-bond acceptors (Lipinski definition) is 2. The second kappa shape index (κ2) is 13.3. The SMILES string of the molecule is CCCCNC(=O)C(Cc1ccccc1)N(Cc1ccc(Cl)c(Cl)c1)C(=O)Cc1cccc(C)c1. The van der Waals surface area contributed by atoms with Crippen LogP contribution in [0.3, 0.4) is 0 Å². The van der Waals surface area contributed by atoms with Gasteiger partial charge in [0.15, 0.2) is 0 Å². The third kappa shape index (κ3) is 8.12. The molecule has 0 aliphatic heterocycles. The monoisotopic (exact) mass is 510 g/mol. The number of aryl methyl sites for hydroxylation is 1. The lowest BCUT2D eigenvalue weighted by Gasteiger charge is -2.32. The van der Waals surface area contributed by atoms with Crippen molar-refractivity contribution in [3.8, 4) is 0 Å². The highest BCUT2D eigenvalue weighted by Crippen LogP contribution is 2.24. The highest BCUT2D eigenvalue weighted by Gasteiger charge is 2.30. The molecular weight excluding hydrogens is 479 g/mol. The second-order valence-electron chi connectivity index (χ2n) is 8.79. The summed E-state index contributed by atoms with van der Waals surface area (Å²) in [6.45, 7) is 4.91. The van der Waals surface area contributed by atoms with E-state index in [2.05, 4.69) is 12.2 Å². The molecule has 1 atom stereocenters. The van der Waals surface area contributed by atoms with E-state index in [9.17, 15) is 9.59 Å². The molecule has 0 aliphatic carbocycles. The maximum absolute atomic E-state index is 13.7. The molecule has 35 heavy (non-hydrogen) atoms. The van der Waals surface area contributed by atoms with E-state index in [1.165, 1.54) is 0 Å². The minimum absolute atomic E-state index is 0.117. The van der Waals surface area contributed by atoms with Crippen LogP contribution in [0, 0.1) is 6.92 Å². The molecule has 0 saturated carbocycles. The fraction of sp³-hybridized carbons (Fsp3) is 0.310. The van der Waals surface area contributed by atoms with Crippen LogP contribution in [0.5, 0.6) is 0 Å². The molecule has 1 unspecified atom stereocenters. The van der Waals surface area contributed by atoms with E-state index in [1.807, 2.05) is 67.6 Å². The van der Waals surface area contributed by atoms with Crippen LogP contribution in [0.25, 0.3) is 0 Å². The van der Waals surface area contributed by atoms with Crippen LogP contribution in [0.15, 0.2) is 72.8 Å². The molecule has 1 N–H and O–H groups in total. The molecular formula is C29H32Cl2N2O2. The first-order chi connectivity index (χ1) is 16.9. The number of carbonyl (C=O) groups is 2. The first-order valence-corrected chi connectivity index (χ1v) is 12.7. The number of nitrogens with one attached hydrogen (secondary N) is 1. The van der Waals surface area contributed by atoms with Gasteiger partial charge in [0.2, 0.25) is 11.8 Å². The average molecular weight is 511 g/mol. The van der Waals surface area contributed by atoms with Gasteiger partial charge in [-0.2, -0.15) is 0 Å². The molecule has 3 aromatic carbocycles. The molecule has 4 nitrogen and oxygen atoms in total. The Hall–Kier alpha value is -2.82. The van der Waals surface area contributed by atoms with Crippen molar-refractivity contribution in [1.29, 1.82) is 0 Å². The number of halogens is 2. The molecule has 3 aromatic rings. The summed E-state index contributed by atoms with van der Waals surface area (Å²) in [4.78, 5) is 28.8. The Balaban J connectivity index is 1.96. The maximum atomic E-state index is 13.7. The molecule has 0 saturated heterocycles. The second-order valence-corrected chi connectivity index (χ2v) is 9.60. The largest absolute Gasteiger partial charge is 0.354 e. The predicted molar refractivity (Wildman–Crippen MR) is 144 cm³/mol. The topological polar surface area (TPSA) is 49.4 Å². The van der Waals surface area contributed by atoms with Gasteiger partial charge in [-0.1, -0.05) is 103 Å². The molecule has 6 heteroatoms. The average Bonchev–Trinajstić information content (AvgIpc) is 2.84. The summed E-state index contributed by atoms with van der Waals surface area (Å²) in [6.07, 6.45) is 2.48. The number of amides is 2. The Bertz CT molecular complexity index is 1130. The van der Waals surface area contributed by atoms with Gasteiger partial charge >= 0.3 is 0 Å². The van der Waals surface area contributed by atoms with Crippen LogP contribution in [0.1, 0.15) is 42.0 Å². The van der Waals surface area contributed by atoms with Gasteiger partial charge in [-0.15, -0.1) is 0 Å². The van der Waals surface area contributed by atoms with Crippen LogP contribution < -0.4 is 5.32 Å². The van der Waals surface area contributed by atoms with Crippen molar-refractivity contribution < 1.29 is 9.59 Å². The molecule has 3 rings (SSSR count). The normalized spacial score (nSPS) is 11.7. The van der Waals surface area contributed by atoms with Gasteiger partial charge in [-0.3, -0.25) is 9.59 Å². The van der Waals surface area contributed by atoms with Crippen molar-refractivity contribution in [3.63, 3.8) is 0 Å². The first-order valence-electron chi connectivity index (χ1n) is 12.0. The summed E-state index contributed by atoms with van der Waals surface area (Å²) in [5, 5.41) is 3.91. The third-order valence-corrected chi connectivity index (χ3v) is 6.61. The van der Waals surface area contributed by atoms with Crippen molar-refractivity contribution in [2.75, 3.05) is 6.54 Å². The van der Waals surface area contributed by atoms with Gasteiger partial charge in [0.1, 0.15) is 6.04 Å². The predicted octanol–water partition coefficient (Wildman–Crippen LogP) is 6.40. The minimum Gasteiger partial charge on any atom is -0.354 e. The summed E-state index contributed by atoms with van der Waals surface area (Å²) >= 11 is 12.4. The lowest BCUT2D eigenvalue weighted by molar-refractivity contribution is -0.140. The van der Waals surface area contributed by atoms with Gasteiger partial charge in [0.25, 0.3) is 0 Å². The van der Waals surface area contributed by atoms with Gasteiger partial charge in [0, 0.05) is 19.5 Å². The summed E-state index contributed by atoms with van der Waals surface area (Å²) in [6, 6.07) is 22.3. The third-order valence-electron chi connectivity index (χ3n) is 5.88. The summed E-state index contributed by atoms with van der Waals surface area (Å²) in [7, 11) is 0. The van der Waals surface area contributed by atoms with Crippen LogP contribution in [0.4, 0.5) is 0 Å². The van der Waals surface area contributed by atoms with E-state index in [0.717, 1.165) is 35.1 Å². The lowest BCUT2D eigenvalue weighted by Crippen LogP contribution is -2.51. The van der Waals surface area contributed by atoms with Gasteiger partial charge in [-0.05, 0) is 42.2 Å². The molecule has 0 heterocycles. The van der Waals surface area contributed by atoms with Crippen molar-refractivity contribution in [1.82, 2.24) is 10.2 Å². The summed E-state index contributed by atoms with van der Waals surface area (Å²) in [5.41, 5.74) is 3.81.